The molecule has 15 heavy (non-hydrogen) atoms. The minimum absolute atomic E-state index is 0.126. The number of carbonyl (C=O) groups excluding carboxylic acids is 1. The van der Waals surface area contributed by atoms with Crippen molar-refractivity contribution in [2.75, 3.05) is 13.1 Å². The minimum Gasteiger partial charge on any atom is -0.354 e. The molecule has 0 radical (unpaired) electrons. The van der Waals surface area contributed by atoms with Gasteiger partial charge >= 0.3 is 0 Å². The molecule has 0 aromatic heterocycles. The second kappa shape index (κ2) is 5.13. The largest absolute Gasteiger partial charge is 0.354 e. The molecular formula is C11H19N3O. The van der Waals surface area contributed by atoms with Gasteiger partial charge in [0, 0.05) is 32.0 Å². The van der Waals surface area contributed by atoms with E-state index in [4.69, 9.17) is 5.26 Å². The Hall–Kier alpha value is -1.08. The molecule has 2 N–H and O–H groups in total. The molecule has 1 heterocycles. The van der Waals surface area contributed by atoms with Crippen molar-refractivity contribution in [2.24, 2.45) is 5.41 Å². The lowest BCUT2D eigenvalue weighted by Crippen LogP contribution is -2.38. The summed E-state index contributed by atoms with van der Waals surface area (Å²) >= 11 is 0. The highest BCUT2D eigenvalue weighted by atomic mass is 16.1. The Morgan fingerprint density at radius 2 is 2.40 bits per heavy atom. The van der Waals surface area contributed by atoms with Crippen LogP contribution in [0.1, 0.15) is 33.1 Å². The Balaban J connectivity index is 2.23. The SMILES string of the molecule is CC(C)(CCC#N)CNC1CNC(=O)C1. The molecule has 0 spiro atoms. The number of nitrogens with zero attached hydrogens (tertiary/aromatic N) is 1. The maximum atomic E-state index is 11.0. The topological polar surface area (TPSA) is 64.9 Å². The van der Waals surface area contributed by atoms with E-state index in [1.165, 1.54) is 0 Å². The molecular weight excluding hydrogens is 190 g/mol. The van der Waals surface area contributed by atoms with Gasteiger partial charge in [-0.1, -0.05) is 13.8 Å². The highest BCUT2D eigenvalue weighted by Crippen LogP contribution is 2.21. The van der Waals surface area contributed by atoms with Crippen molar-refractivity contribution in [3.05, 3.63) is 0 Å². The van der Waals surface area contributed by atoms with Crippen molar-refractivity contribution >= 4 is 5.91 Å². The smallest absolute Gasteiger partial charge is 0.221 e. The fourth-order valence-electron chi connectivity index (χ4n) is 1.65. The standard InChI is InChI=1S/C11H19N3O/c1-11(2,4-3-5-12)8-14-9-6-10(15)13-7-9/h9,14H,3-4,6-8H2,1-2H3,(H,13,15). The first-order chi connectivity index (χ1) is 7.03. The fraction of sp³-hybridized carbons (Fsp3) is 0.818. The van der Waals surface area contributed by atoms with Crippen LogP contribution < -0.4 is 10.6 Å². The van der Waals surface area contributed by atoms with Crippen molar-refractivity contribution in [1.82, 2.24) is 10.6 Å². The number of hydrogen-bond donors (Lipinski definition) is 2. The molecule has 1 fully saturated rings. The second-order valence-electron chi connectivity index (χ2n) is 4.91. The quantitative estimate of drug-likeness (QED) is 0.703. The van der Waals surface area contributed by atoms with E-state index in [9.17, 15) is 4.79 Å². The molecule has 1 unspecified atom stereocenters. The normalized spacial score (nSPS) is 21.1. The number of hydrogen-bond acceptors (Lipinski definition) is 3. The van der Waals surface area contributed by atoms with Gasteiger partial charge in [-0.2, -0.15) is 5.26 Å². The Kier molecular flexibility index (Phi) is 4.10. The average molecular weight is 209 g/mol. The van der Waals surface area contributed by atoms with Gasteiger partial charge in [0.1, 0.15) is 0 Å². The zero-order valence-corrected chi connectivity index (χ0v) is 9.47. The molecule has 1 atom stereocenters. The van der Waals surface area contributed by atoms with E-state index < -0.39 is 0 Å². The van der Waals surface area contributed by atoms with Crippen LogP contribution in [0, 0.1) is 16.7 Å². The first-order valence-corrected chi connectivity index (χ1v) is 5.40. The van der Waals surface area contributed by atoms with Gasteiger partial charge in [-0.25, -0.2) is 0 Å². The third-order valence-corrected chi connectivity index (χ3v) is 2.76. The Morgan fingerprint density at radius 1 is 1.67 bits per heavy atom. The number of rotatable bonds is 5. The van der Waals surface area contributed by atoms with Crippen molar-refractivity contribution < 1.29 is 4.79 Å². The maximum absolute atomic E-state index is 11.0. The molecule has 1 rings (SSSR count). The van der Waals surface area contributed by atoms with E-state index in [1.54, 1.807) is 0 Å². The second-order valence-corrected chi connectivity index (χ2v) is 4.91. The van der Waals surface area contributed by atoms with Gasteiger partial charge < -0.3 is 10.6 Å². The summed E-state index contributed by atoms with van der Waals surface area (Å²) in [6.07, 6.45) is 2.06. The van der Waals surface area contributed by atoms with Crippen molar-refractivity contribution in [1.29, 1.82) is 5.26 Å². The third kappa shape index (κ3) is 4.30. The molecule has 0 saturated carbocycles. The van der Waals surface area contributed by atoms with E-state index in [2.05, 4.69) is 30.6 Å². The van der Waals surface area contributed by atoms with Crippen molar-refractivity contribution in [3.8, 4) is 6.07 Å². The van der Waals surface area contributed by atoms with Crippen molar-refractivity contribution in [2.45, 2.75) is 39.2 Å². The highest BCUT2D eigenvalue weighted by molar-refractivity contribution is 5.78. The summed E-state index contributed by atoms with van der Waals surface area (Å²) in [5.41, 5.74) is 0.126. The van der Waals surface area contributed by atoms with Gasteiger partial charge in [0.05, 0.1) is 6.07 Å². The Morgan fingerprint density at radius 3 is 2.93 bits per heavy atom. The summed E-state index contributed by atoms with van der Waals surface area (Å²) < 4.78 is 0. The van der Waals surface area contributed by atoms with Crippen LogP contribution in [0.25, 0.3) is 0 Å². The van der Waals surface area contributed by atoms with Crippen molar-refractivity contribution in [3.63, 3.8) is 0 Å². The average Bonchev–Trinajstić information content (AvgIpc) is 2.59. The van der Waals surface area contributed by atoms with Crippen LogP contribution in [0.5, 0.6) is 0 Å². The number of nitriles is 1. The summed E-state index contributed by atoms with van der Waals surface area (Å²) in [7, 11) is 0. The molecule has 1 aliphatic rings. The Labute approximate surface area is 91.0 Å². The maximum Gasteiger partial charge on any atom is 0.221 e. The van der Waals surface area contributed by atoms with E-state index in [1.807, 2.05) is 0 Å². The van der Waals surface area contributed by atoms with E-state index >= 15 is 0 Å². The molecule has 0 aromatic carbocycles. The summed E-state index contributed by atoms with van der Waals surface area (Å²) in [6.45, 7) is 5.87. The van der Waals surface area contributed by atoms with E-state index in [0.29, 0.717) is 12.8 Å². The summed E-state index contributed by atoms with van der Waals surface area (Å²) in [4.78, 5) is 11.0. The molecule has 4 nitrogen and oxygen atoms in total. The van der Waals surface area contributed by atoms with Crippen LogP contribution >= 0.6 is 0 Å². The summed E-state index contributed by atoms with van der Waals surface area (Å²) in [6, 6.07) is 2.43. The lowest BCUT2D eigenvalue weighted by Gasteiger charge is -2.25. The summed E-state index contributed by atoms with van der Waals surface area (Å²) in [5, 5.41) is 14.7. The van der Waals surface area contributed by atoms with Crippen LogP contribution in [0.4, 0.5) is 0 Å². The van der Waals surface area contributed by atoms with Gasteiger partial charge in [0.2, 0.25) is 5.91 Å². The predicted molar refractivity (Wildman–Crippen MR) is 58.0 cm³/mol. The summed E-state index contributed by atoms with van der Waals surface area (Å²) in [5.74, 6) is 0.127. The monoisotopic (exact) mass is 209 g/mol. The zero-order chi connectivity index (χ0) is 11.3. The van der Waals surface area contributed by atoms with Gasteiger partial charge in [-0.15, -0.1) is 0 Å². The lowest BCUT2D eigenvalue weighted by atomic mass is 9.88. The third-order valence-electron chi connectivity index (χ3n) is 2.76. The number of carbonyl (C=O) groups is 1. The fourth-order valence-corrected chi connectivity index (χ4v) is 1.65. The first-order valence-electron chi connectivity index (χ1n) is 5.40. The molecule has 84 valence electrons. The number of nitrogens with one attached hydrogen (secondary N) is 2. The van der Waals surface area contributed by atoms with Crippen LogP contribution in [0.2, 0.25) is 0 Å². The molecule has 0 bridgehead atoms. The molecule has 1 aliphatic heterocycles. The number of amides is 1. The molecule has 0 aliphatic carbocycles. The molecule has 0 aromatic rings. The van der Waals surface area contributed by atoms with Crippen LogP contribution in [-0.2, 0) is 4.79 Å². The van der Waals surface area contributed by atoms with Crippen LogP contribution in [0.3, 0.4) is 0 Å². The van der Waals surface area contributed by atoms with E-state index in [0.717, 1.165) is 19.5 Å². The van der Waals surface area contributed by atoms with Crippen LogP contribution in [-0.4, -0.2) is 25.0 Å². The minimum atomic E-state index is 0.126. The molecule has 1 amide bonds. The van der Waals surface area contributed by atoms with Gasteiger partial charge in [-0.05, 0) is 11.8 Å². The van der Waals surface area contributed by atoms with Gasteiger partial charge in [-0.3, -0.25) is 4.79 Å². The van der Waals surface area contributed by atoms with Gasteiger partial charge in [0.25, 0.3) is 0 Å². The van der Waals surface area contributed by atoms with Crippen LogP contribution in [0.15, 0.2) is 0 Å². The first kappa shape index (κ1) is 12.0. The zero-order valence-electron chi connectivity index (χ0n) is 9.47. The highest BCUT2D eigenvalue weighted by Gasteiger charge is 2.24. The predicted octanol–water partition coefficient (Wildman–Crippen LogP) is 0.794. The lowest BCUT2D eigenvalue weighted by molar-refractivity contribution is -0.119. The van der Waals surface area contributed by atoms with E-state index in [-0.39, 0.29) is 17.4 Å². The Bertz CT molecular complexity index is 267. The molecule has 1 saturated heterocycles. The van der Waals surface area contributed by atoms with Gasteiger partial charge in [0.15, 0.2) is 0 Å². The molecule has 4 heteroatoms.